The average molecular weight is 556 g/mol. The highest BCUT2D eigenvalue weighted by atomic mass is 16.2. The largest absolute Gasteiger partial charge is 0.355 e. The van der Waals surface area contributed by atoms with Crippen LogP contribution in [0.15, 0.2) is 78.9 Å². The first kappa shape index (κ1) is 29.3. The number of carbonyl (C=O) groups excluding carboxylic acids is 4. The smallest absolute Gasteiger partial charge is 0.252 e. The van der Waals surface area contributed by atoms with Crippen molar-refractivity contribution in [3.05, 3.63) is 95.6 Å². The summed E-state index contributed by atoms with van der Waals surface area (Å²) in [5, 5.41) is 14.7. The topological polar surface area (TPSA) is 128 Å². The number of benzene rings is 3. The zero-order valence-electron chi connectivity index (χ0n) is 23.6. The summed E-state index contributed by atoms with van der Waals surface area (Å²) < 4.78 is 0. The monoisotopic (exact) mass is 555 g/mol. The van der Waals surface area contributed by atoms with Gasteiger partial charge >= 0.3 is 0 Å². The van der Waals surface area contributed by atoms with Crippen LogP contribution in [0, 0.1) is 5.92 Å². The second-order valence-corrected chi connectivity index (χ2v) is 10.4. The van der Waals surface area contributed by atoms with Crippen LogP contribution in [0.2, 0.25) is 0 Å². The first-order valence-corrected chi connectivity index (χ1v) is 13.9. The number of fused-ring (bicyclic) bond motifs is 4. The van der Waals surface area contributed by atoms with Crippen molar-refractivity contribution in [1.29, 1.82) is 0 Å². The van der Waals surface area contributed by atoms with Gasteiger partial charge in [-0.1, -0.05) is 68.8 Å². The molecule has 1 aliphatic heterocycles. The van der Waals surface area contributed by atoms with Crippen LogP contribution in [0.3, 0.4) is 0 Å². The van der Waals surface area contributed by atoms with Crippen LogP contribution >= 0.6 is 0 Å². The summed E-state index contributed by atoms with van der Waals surface area (Å²) in [4.78, 5) is 53.2. The van der Waals surface area contributed by atoms with Crippen molar-refractivity contribution in [2.45, 2.75) is 58.3 Å². The molecule has 0 fully saturated rings. The van der Waals surface area contributed by atoms with Crippen molar-refractivity contribution < 1.29 is 19.2 Å². The Hall–Kier alpha value is -4.66. The van der Waals surface area contributed by atoms with Gasteiger partial charge in [-0.3, -0.25) is 19.2 Å². The Kier molecular flexibility index (Phi) is 9.73. The molecule has 5 N–H and O–H groups in total. The minimum absolute atomic E-state index is 0.220. The molecule has 0 saturated carbocycles. The highest BCUT2D eigenvalue weighted by Crippen LogP contribution is 2.20. The van der Waals surface area contributed by atoms with Crippen LogP contribution in [0.25, 0.3) is 0 Å². The predicted molar refractivity (Wildman–Crippen MR) is 158 cm³/mol. The molecule has 3 aromatic rings. The maximum atomic E-state index is 13.7. The quantitative estimate of drug-likeness (QED) is 0.337. The molecule has 9 heteroatoms. The lowest BCUT2D eigenvalue weighted by atomic mass is 9.96. The van der Waals surface area contributed by atoms with Crippen LogP contribution < -0.4 is 26.6 Å². The Morgan fingerprint density at radius 3 is 2.22 bits per heavy atom. The summed E-state index contributed by atoms with van der Waals surface area (Å²) in [5.41, 5.74) is 3.58. The van der Waals surface area contributed by atoms with Crippen LogP contribution in [-0.2, 0) is 27.3 Å². The zero-order valence-corrected chi connectivity index (χ0v) is 23.6. The summed E-state index contributed by atoms with van der Waals surface area (Å²) in [6.07, 6.45) is 0.849. The Bertz CT molecular complexity index is 1390. The van der Waals surface area contributed by atoms with Crippen LogP contribution in [0.5, 0.6) is 0 Å². The molecule has 41 heavy (non-hydrogen) atoms. The van der Waals surface area contributed by atoms with Crippen molar-refractivity contribution in [2.24, 2.45) is 5.92 Å². The van der Waals surface area contributed by atoms with E-state index in [-0.39, 0.29) is 24.8 Å². The standard InChI is InChI=1S/C32H37N5O4/c1-4-20(2)28-32(41)34-21(3)29(38)33-19-23-12-8-14-25(16-23)35-26-15-9-13-24(18-26)30(39)36-27(31(40)37-28)17-22-10-6-5-7-11-22/h5-16,18,20-21,27-28,35H,4,17,19H2,1-3H3,(H,33,38)(H,34,41)(H,36,39)(H,37,40)/t20-,21+,27-,28-/m0/s1. The molecule has 3 aromatic carbocycles. The fraction of sp³-hybridized carbons (Fsp3) is 0.312. The van der Waals surface area contributed by atoms with Gasteiger partial charge in [0.2, 0.25) is 17.7 Å². The third kappa shape index (κ3) is 7.94. The highest BCUT2D eigenvalue weighted by molar-refractivity contribution is 5.99. The van der Waals surface area contributed by atoms with Gasteiger partial charge in [0.1, 0.15) is 18.1 Å². The third-order valence-electron chi connectivity index (χ3n) is 7.26. The minimum Gasteiger partial charge on any atom is -0.355 e. The van der Waals surface area contributed by atoms with Crippen LogP contribution in [0.4, 0.5) is 11.4 Å². The highest BCUT2D eigenvalue weighted by Gasteiger charge is 2.31. The van der Waals surface area contributed by atoms with E-state index in [1.54, 1.807) is 25.1 Å². The van der Waals surface area contributed by atoms with Gasteiger partial charge in [-0.2, -0.15) is 0 Å². The van der Waals surface area contributed by atoms with Gasteiger partial charge in [0, 0.05) is 29.9 Å². The molecule has 214 valence electrons. The number of hydrogen-bond donors (Lipinski definition) is 5. The van der Waals surface area contributed by atoms with Crippen molar-refractivity contribution in [2.75, 3.05) is 5.32 Å². The Morgan fingerprint density at radius 1 is 0.780 bits per heavy atom. The van der Waals surface area contributed by atoms with E-state index in [1.807, 2.05) is 74.5 Å². The number of amides is 4. The second kappa shape index (κ2) is 13.6. The van der Waals surface area contributed by atoms with Crippen LogP contribution in [0.1, 0.15) is 48.7 Å². The third-order valence-corrected chi connectivity index (χ3v) is 7.26. The van der Waals surface area contributed by atoms with E-state index >= 15 is 0 Å². The van der Waals surface area contributed by atoms with E-state index < -0.39 is 35.8 Å². The maximum Gasteiger partial charge on any atom is 0.252 e. The maximum absolute atomic E-state index is 13.7. The van der Waals surface area contributed by atoms with E-state index in [4.69, 9.17) is 0 Å². The first-order chi connectivity index (χ1) is 19.7. The van der Waals surface area contributed by atoms with Crippen molar-refractivity contribution in [3.63, 3.8) is 0 Å². The van der Waals surface area contributed by atoms with E-state index in [9.17, 15) is 19.2 Å². The Balaban J connectivity index is 1.70. The van der Waals surface area contributed by atoms with Crippen LogP contribution in [-0.4, -0.2) is 41.8 Å². The molecular formula is C32H37N5O4. The Labute approximate surface area is 240 Å². The summed E-state index contributed by atoms with van der Waals surface area (Å²) in [6.45, 7) is 5.66. The molecule has 0 aromatic heterocycles. The molecule has 1 aliphatic rings. The van der Waals surface area contributed by atoms with E-state index in [0.29, 0.717) is 17.7 Å². The molecule has 0 radical (unpaired) electrons. The predicted octanol–water partition coefficient (Wildman–Crippen LogP) is 3.44. The molecule has 4 atom stereocenters. The molecule has 9 nitrogen and oxygen atoms in total. The fourth-order valence-electron chi connectivity index (χ4n) is 4.63. The lowest BCUT2D eigenvalue weighted by Crippen LogP contribution is -2.58. The number of anilines is 2. The summed E-state index contributed by atoms with van der Waals surface area (Å²) in [6, 6.07) is 21.3. The fourth-order valence-corrected chi connectivity index (χ4v) is 4.63. The number of hydrogen-bond acceptors (Lipinski definition) is 5. The SMILES string of the molecule is CC[C@H](C)[C@@H]1NC(=O)[C@H](Cc2ccccc2)NC(=O)c2cccc(c2)Nc2cccc(c2)CNC(=O)[C@@H](C)NC1=O. The number of rotatable bonds is 4. The molecular weight excluding hydrogens is 518 g/mol. The molecule has 4 bridgehead atoms. The van der Waals surface area contributed by atoms with E-state index in [0.717, 1.165) is 16.8 Å². The second-order valence-electron chi connectivity index (χ2n) is 10.4. The Morgan fingerprint density at radius 2 is 1.49 bits per heavy atom. The zero-order chi connectivity index (χ0) is 29.4. The first-order valence-electron chi connectivity index (χ1n) is 13.9. The van der Waals surface area contributed by atoms with Crippen molar-refractivity contribution in [3.8, 4) is 0 Å². The molecule has 0 unspecified atom stereocenters. The molecule has 4 amide bonds. The van der Waals surface area contributed by atoms with Gasteiger partial charge in [0.05, 0.1) is 0 Å². The van der Waals surface area contributed by atoms with Gasteiger partial charge < -0.3 is 26.6 Å². The molecule has 0 saturated heterocycles. The molecule has 0 spiro atoms. The minimum atomic E-state index is -0.944. The summed E-state index contributed by atoms with van der Waals surface area (Å²) in [7, 11) is 0. The summed E-state index contributed by atoms with van der Waals surface area (Å²) in [5.74, 6) is -1.92. The van der Waals surface area contributed by atoms with E-state index in [2.05, 4.69) is 26.6 Å². The summed E-state index contributed by atoms with van der Waals surface area (Å²) >= 11 is 0. The van der Waals surface area contributed by atoms with Gasteiger partial charge in [0.25, 0.3) is 5.91 Å². The molecule has 1 heterocycles. The normalized spacial score (nSPS) is 21.0. The van der Waals surface area contributed by atoms with Crippen molar-refractivity contribution in [1.82, 2.24) is 21.3 Å². The van der Waals surface area contributed by atoms with Gasteiger partial charge in [0.15, 0.2) is 0 Å². The van der Waals surface area contributed by atoms with Gasteiger partial charge in [-0.25, -0.2) is 0 Å². The number of nitrogens with one attached hydrogen (secondary N) is 5. The average Bonchev–Trinajstić information content (AvgIpc) is 2.98. The number of carbonyl (C=O) groups is 4. The molecule has 4 rings (SSSR count). The van der Waals surface area contributed by atoms with E-state index in [1.165, 1.54) is 0 Å². The van der Waals surface area contributed by atoms with Gasteiger partial charge in [-0.05, 0) is 54.3 Å². The van der Waals surface area contributed by atoms with Crippen molar-refractivity contribution >= 4 is 35.0 Å². The lowest BCUT2D eigenvalue weighted by Gasteiger charge is -2.27. The lowest BCUT2D eigenvalue weighted by molar-refractivity contribution is -0.133. The van der Waals surface area contributed by atoms with Gasteiger partial charge in [-0.15, -0.1) is 0 Å². The molecule has 0 aliphatic carbocycles.